The van der Waals surface area contributed by atoms with Gasteiger partial charge in [-0.25, -0.2) is 4.39 Å². The van der Waals surface area contributed by atoms with E-state index in [1.807, 2.05) is 24.3 Å². The maximum atomic E-state index is 13.0. The Morgan fingerprint density at radius 2 is 1.59 bits per heavy atom. The standard InChI is InChI=1S/C21H16Cl2FNO2/c1-26-18-8-6-17(7-9-18)25-12-15-10-19(22)21(20(23)11-15)27-13-14-2-4-16(24)5-3-14/h2-12H,13H2,1H3. The average Bonchev–Trinajstić information content (AvgIpc) is 2.67. The molecule has 3 rings (SSSR count). The van der Waals surface area contributed by atoms with Crippen LogP contribution < -0.4 is 9.47 Å². The lowest BCUT2D eigenvalue weighted by molar-refractivity contribution is 0.306. The first-order valence-electron chi connectivity index (χ1n) is 8.09. The molecule has 6 heteroatoms. The molecule has 0 saturated carbocycles. The maximum Gasteiger partial charge on any atom is 0.157 e. The van der Waals surface area contributed by atoms with Gasteiger partial charge in [0.15, 0.2) is 5.75 Å². The summed E-state index contributed by atoms with van der Waals surface area (Å²) >= 11 is 12.6. The number of rotatable bonds is 6. The Kier molecular flexibility index (Phi) is 6.32. The summed E-state index contributed by atoms with van der Waals surface area (Å²) in [6.45, 7) is 0.235. The van der Waals surface area contributed by atoms with Gasteiger partial charge >= 0.3 is 0 Å². The van der Waals surface area contributed by atoms with Crippen molar-refractivity contribution in [3.05, 3.63) is 87.7 Å². The number of aliphatic imine (C=N–C) groups is 1. The molecule has 0 radical (unpaired) electrons. The highest BCUT2D eigenvalue weighted by Crippen LogP contribution is 2.34. The predicted molar refractivity (Wildman–Crippen MR) is 107 cm³/mol. The molecule has 0 atom stereocenters. The number of halogens is 3. The van der Waals surface area contributed by atoms with Gasteiger partial charge in [0.1, 0.15) is 18.2 Å². The predicted octanol–water partition coefficient (Wildman–Crippen LogP) is 6.47. The highest BCUT2D eigenvalue weighted by Gasteiger charge is 2.10. The van der Waals surface area contributed by atoms with Crippen molar-refractivity contribution in [1.82, 2.24) is 0 Å². The van der Waals surface area contributed by atoms with Crippen LogP contribution in [0.15, 0.2) is 65.7 Å². The number of methoxy groups -OCH3 is 1. The van der Waals surface area contributed by atoms with Crippen LogP contribution in [-0.4, -0.2) is 13.3 Å². The Labute approximate surface area is 167 Å². The Bertz CT molecular complexity index is 918. The fraction of sp³-hybridized carbons (Fsp3) is 0.0952. The van der Waals surface area contributed by atoms with Crippen LogP contribution in [0.25, 0.3) is 0 Å². The van der Waals surface area contributed by atoms with Gasteiger partial charge in [0.05, 0.1) is 22.8 Å². The second-order valence-corrected chi connectivity index (χ2v) is 6.50. The van der Waals surface area contributed by atoms with Gasteiger partial charge in [-0.05, 0) is 59.7 Å². The van der Waals surface area contributed by atoms with Crippen molar-refractivity contribution < 1.29 is 13.9 Å². The number of benzene rings is 3. The lowest BCUT2D eigenvalue weighted by Gasteiger charge is -2.11. The van der Waals surface area contributed by atoms with Crippen molar-refractivity contribution in [2.75, 3.05) is 7.11 Å². The molecule has 0 aliphatic heterocycles. The summed E-state index contributed by atoms with van der Waals surface area (Å²) in [5, 5.41) is 0.751. The molecule has 0 aliphatic carbocycles. The van der Waals surface area contributed by atoms with E-state index in [-0.39, 0.29) is 12.4 Å². The number of hydrogen-bond acceptors (Lipinski definition) is 3. The molecule has 0 N–H and O–H groups in total. The summed E-state index contributed by atoms with van der Waals surface area (Å²) in [6, 6.07) is 16.8. The smallest absolute Gasteiger partial charge is 0.157 e. The molecule has 0 amide bonds. The first-order chi connectivity index (χ1) is 13.0. The quantitative estimate of drug-likeness (QED) is 0.441. The molecule has 138 valence electrons. The summed E-state index contributed by atoms with van der Waals surface area (Å²) in [4.78, 5) is 4.39. The summed E-state index contributed by atoms with van der Waals surface area (Å²) < 4.78 is 23.8. The van der Waals surface area contributed by atoms with Crippen molar-refractivity contribution >= 4 is 35.1 Å². The van der Waals surface area contributed by atoms with E-state index < -0.39 is 0 Å². The van der Waals surface area contributed by atoms with Crippen LogP contribution in [-0.2, 0) is 6.61 Å². The lowest BCUT2D eigenvalue weighted by Crippen LogP contribution is -1.97. The molecule has 27 heavy (non-hydrogen) atoms. The number of hydrogen-bond donors (Lipinski definition) is 0. The van der Waals surface area contributed by atoms with Gasteiger partial charge in [0.25, 0.3) is 0 Å². The minimum atomic E-state index is -0.296. The largest absolute Gasteiger partial charge is 0.497 e. The third kappa shape index (κ3) is 5.22. The Hall–Kier alpha value is -2.56. The third-order valence-corrected chi connectivity index (χ3v) is 4.31. The molecular weight excluding hydrogens is 388 g/mol. The molecule has 0 heterocycles. The second kappa shape index (κ2) is 8.89. The van der Waals surface area contributed by atoms with Crippen LogP contribution in [0, 0.1) is 5.82 Å². The van der Waals surface area contributed by atoms with E-state index in [1.165, 1.54) is 12.1 Å². The van der Waals surface area contributed by atoms with Gasteiger partial charge in [-0.1, -0.05) is 35.3 Å². The van der Waals surface area contributed by atoms with Gasteiger partial charge in [0, 0.05) is 6.21 Å². The zero-order chi connectivity index (χ0) is 19.2. The fourth-order valence-corrected chi connectivity index (χ4v) is 2.96. The zero-order valence-corrected chi connectivity index (χ0v) is 16.0. The Balaban J connectivity index is 1.71. The highest BCUT2D eigenvalue weighted by molar-refractivity contribution is 6.37. The zero-order valence-electron chi connectivity index (χ0n) is 14.5. The van der Waals surface area contributed by atoms with Gasteiger partial charge in [-0.2, -0.15) is 0 Å². The Morgan fingerprint density at radius 3 is 2.19 bits per heavy atom. The van der Waals surface area contributed by atoms with Crippen LogP contribution in [0.1, 0.15) is 11.1 Å². The number of ether oxygens (including phenoxy) is 2. The molecule has 3 nitrogen and oxygen atoms in total. The van der Waals surface area contributed by atoms with E-state index in [0.29, 0.717) is 15.8 Å². The topological polar surface area (TPSA) is 30.8 Å². The summed E-state index contributed by atoms with van der Waals surface area (Å²) in [7, 11) is 1.61. The van der Waals surface area contributed by atoms with Crippen LogP contribution >= 0.6 is 23.2 Å². The van der Waals surface area contributed by atoms with Crippen LogP contribution in [0.4, 0.5) is 10.1 Å². The van der Waals surface area contributed by atoms with Gasteiger partial charge in [-0.3, -0.25) is 4.99 Å². The van der Waals surface area contributed by atoms with Crippen molar-refractivity contribution in [1.29, 1.82) is 0 Å². The molecule has 0 unspecified atom stereocenters. The van der Waals surface area contributed by atoms with Crippen molar-refractivity contribution in [3.63, 3.8) is 0 Å². The molecule has 0 aromatic heterocycles. The maximum absolute atomic E-state index is 13.0. The van der Waals surface area contributed by atoms with E-state index >= 15 is 0 Å². The SMILES string of the molecule is COc1ccc(N=Cc2cc(Cl)c(OCc3ccc(F)cc3)c(Cl)c2)cc1. The number of nitrogens with zero attached hydrogens (tertiary/aromatic N) is 1. The van der Waals surface area contributed by atoms with E-state index in [2.05, 4.69) is 4.99 Å². The fourth-order valence-electron chi connectivity index (χ4n) is 2.35. The summed E-state index contributed by atoms with van der Waals surface area (Å²) in [5.74, 6) is 0.849. The molecule has 0 saturated heterocycles. The molecule has 3 aromatic rings. The van der Waals surface area contributed by atoms with Crippen LogP contribution in [0.3, 0.4) is 0 Å². The van der Waals surface area contributed by atoms with Crippen molar-refractivity contribution in [2.24, 2.45) is 4.99 Å². The van der Waals surface area contributed by atoms with Crippen LogP contribution in [0.5, 0.6) is 11.5 Å². The molecular formula is C21H16Cl2FNO2. The lowest BCUT2D eigenvalue weighted by atomic mass is 10.2. The van der Waals surface area contributed by atoms with Crippen LogP contribution in [0.2, 0.25) is 10.0 Å². The van der Waals surface area contributed by atoms with Gasteiger partial charge in [0.2, 0.25) is 0 Å². The van der Waals surface area contributed by atoms with Gasteiger partial charge < -0.3 is 9.47 Å². The normalized spacial score (nSPS) is 11.0. The highest BCUT2D eigenvalue weighted by atomic mass is 35.5. The monoisotopic (exact) mass is 403 g/mol. The first kappa shape index (κ1) is 19.2. The third-order valence-electron chi connectivity index (χ3n) is 3.75. The summed E-state index contributed by atoms with van der Waals surface area (Å²) in [5.41, 5.74) is 2.34. The minimum absolute atomic E-state index is 0.235. The summed E-state index contributed by atoms with van der Waals surface area (Å²) in [6.07, 6.45) is 1.67. The van der Waals surface area contributed by atoms with Gasteiger partial charge in [-0.15, -0.1) is 0 Å². The van der Waals surface area contributed by atoms with E-state index in [0.717, 1.165) is 22.6 Å². The second-order valence-electron chi connectivity index (χ2n) is 5.69. The van der Waals surface area contributed by atoms with E-state index in [4.69, 9.17) is 32.7 Å². The molecule has 3 aromatic carbocycles. The van der Waals surface area contributed by atoms with E-state index in [9.17, 15) is 4.39 Å². The van der Waals surface area contributed by atoms with Crippen molar-refractivity contribution in [2.45, 2.75) is 6.61 Å². The molecule has 0 spiro atoms. The average molecular weight is 404 g/mol. The molecule has 0 aliphatic rings. The molecule has 0 fully saturated rings. The minimum Gasteiger partial charge on any atom is -0.497 e. The van der Waals surface area contributed by atoms with E-state index in [1.54, 1.807) is 37.6 Å². The Morgan fingerprint density at radius 1 is 0.963 bits per heavy atom. The molecule has 0 bridgehead atoms. The van der Waals surface area contributed by atoms with Crippen molar-refractivity contribution in [3.8, 4) is 11.5 Å². The first-order valence-corrected chi connectivity index (χ1v) is 8.85.